The van der Waals surface area contributed by atoms with Crippen LogP contribution in [-0.4, -0.2) is 28.8 Å². The number of halogens is 1. The van der Waals surface area contributed by atoms with E-state index in [4.69, 9.17) is 0 Å². The molecule has 0 aliphatic carbocycles. The predicted octanol–water partition coefficient (Wildman–Crippen LogP) is 2.87. The molecule has 1 N–H and O–H groups in total. The van der Waals surface area contributed by atoms with Crippen LogP contribution in [0.3, 0.4) is 0 Å². The third kappa shape index (κ3) is 5.13. The van der Waals surface area contributed by atoms with Crippen molar-refractivity contribution in [2.24, 2.45) is 0 Å². The number of nitrogens with one attached hydrogen (secondary N) is 1. The Labute approximate surface area is 131 Å². The lowest BCUT2D eigenvalue weighted by molar-refractivity contribution is -0.141. The molecule has 0 aliphatic rings. The molecule has 0 aromatic heterocycles. The minimum atomic E-state index is -0.514. The zero-order valence-electron chi connectivity index (χ0n) is 13.7. The summed E-state index contributed by atoms with van der Waals surface area (Å²) in [5.41, 5.74) is 0.805. The van der Waals surface area contributed by atoms with Crippen LogP contribution in [0.4, 0.5) is 4.39 Å². The molecule has 0 bridgehead atoms. The van der Waals surface area contributed by atoms with Crippen LogP contribution < -0.4 is 5.32 Å². The van der Waals surface area contributed by atoms with Crippen LogP contribution in [0.15, 0.2) is 24.3 Å². The van der Waals surface area contributed by atoms with E-state index in [-0.39, 0.29) is 23.7 Å². The molecule has 0 aliphatic heterocycles. The first-order chi connectivity index (χ1) is 10.4. The van der Waals surface area contributed by atoms with Gasteiger partial charge in [0.1, 0.15) is 11.9 Å². The number of benzene rings is 1. The van der Waals surface area contributed by atoms with E-state index in [0.717, 1.165) is 5.56 Å². The van der Waals surface area contributed by atoms with E-state index in [1.807, 2.05) is 20.8 Å². The third-order valence-electron chi connectivity index (χ3n) is 3.39. The van der Waals surface area contributed by atoms with Crippen LogP contribution in [0.1, 0.15) is 46.1 Å². The molecule has 22 heavy (non-hydrogen) atoms. The standard InChI is InChI=1S/C17H25FN2O2/c1-5-15(17(22)19-12(3)4)20(16(21)6-2)11-13-7-9-14(18)10-8-13/h7-10,12,15H,5-6,11H2,1-4H3,(H,19,22). The highest BCUT2D eigenvalue weighted by molar-refractivity contribution is 5.87. The maximum Gasteiger partial charge on any atom is 0.243 e. The van der Waals surface area contributed by atoms with Gasteiger partial charge in [0.2, 0.25) is 11.8 Å². The largest absolute Gasteiger partial charge is 0.352 e. The fourth-order valence-corrected chi connectivity index (χ4v) is 2.29. The molecule has 0 spiro atoms. The van der Waals surface area contributed by atoms with Crippen molar-refractivity contribution in [2.75, 3.05) is 0 Å². The highest BCUT2D eigenvalue weighted by atomic mass is 19.1. The van der Waals surface area contributed by atoms with Crippen LogP contribution in [0.5, 0.6) is 0 Å². The Kier molecular flexibility index (Phi) is 7.02. The molecule has 0 heterocycles. The van der Waals surface area contributed by atoms with Crippen molar-refractivity contribution in [3.63, 3.8) is 0 Å². The summed E-state index contributed by atoms with van der Waals surface area (Å²) < 4.78 is 13.0. The van der Waals surface area contributed by atoms with Crippen LogP contribution >= 0.6 is 0 Å². The van der Waals surface area contributed by atoms with Gasteiger partial charge in [-0.05, 0) is 38.0 Å². The minimum Gasteiger partial charge on any atom is -0.352 e. The lowest BCUT2D eigenvalue weighted by Gasteiger charge is -2.31. The van der Waals surface area contributed by atoms with Crippen molar-refractivity contribution in [3.05, 3.63) is 35.6 Å². The third-order valence-corrected chi connectivity index (χ3v) is 3.39. The molecule has 1 aromatic carbocycles. The van der Waals surface area contributed by atoms with E-state index < -0.39 is 6.04 Å². The van der Waals surface area contributed by atoms with Crippen molar-refractivity contribution in [1.82, 2.24) is 10.2 Å². The molecule has 1 rings (SSSR count). The number of carbonyl (C=O) groups is 2. The van der Waals surface area contributed by atoms with Gasteiger partial charge in [-0.25, -0.2) is 4.39 Å². The maximum absolute atomic E-state index is 13.0. The molecule has 0 saturated carbocycles. The molecule has 5 heteroatoms. The fourth-order valence-electron chi connectivity index (χ4n) is 2.29. The van der Waals surface area contributed by atoms with Gasteiger partial charge >= 0.3 is 0 Å². The van der Waals surface area contributed by atoms with Crippen molar-refractivity contribution < 1.29 is 14.0 Å². The topological polar surface area (TPSA) is 49.4 Å². The van der Waals surface area contributed by atoms with Crippen LogP contribution in [0, 0.1) is 5.82 Å². The first kappa shape index (κ1) is 18.1. The number of nitrogens with zero attached hydrogens (tertiary/aromatic N) is 1. The lowest BCUT2D eigenvalue weighted by Crippen LogP contribution is -2.50. The van der Waals surface area contributed by atoms with Crippen LogP contribution in [0.2, 0.25) is 0 Å². The fraction of sp³-hybridized carbons (Fsp3) is 0.529. The zero-order chi connectivity index (χ0) is 16.7. The second kappa shape index (κ2) is 8.51. The van der Waals surface area contributed by atoms with Gasteiger partial charge in [0.05, 0.1) is 0 Å². The zero-order valence-corrected chi connectivity index (χ0v) is 13.7. The number of hydrogen-bond acceptors (Lipinski definition) is 2. The van der Waals surface area contributed by atoms with Gasteiger partial charge in [-0.15, -0.1) is 0 Å². The molecule has 0 saturated heterocycles. The summed E-state index contributed by atoms with van der Waals surface area (Å²) in [6, 6.07) is 5.50. The van der Waals surface area contributed by atoms with Crippen LogP contribution in [0.25, 0.3) is 0 Å². The molecule has 2 amide bonds. The van der Waals surface area contributed by atoms with E-state index in [0.29, 0.717) is 19.4 Å². The lowest BCUT2D eigenvalue weighted by atomic mass is 10.1. The summed E-state index contributed by atoms with van der Waals surface area (Å²) in [7, 11) is 0. The maximum atomic E-state index is 13.0. The second-order valence-electron chi connectivity index (χ2n) is 5.59. The Hall–Kier alpha value is -1.91. The number of rotatable bonds is 7. The van der Waals surface area contributed by atoms with Gasteiger partial charge in [0.25, 0.3) is 0 Å². The summed E-state index contributed by atoms with van der Waals surface area (Å²) in [6.45, 7) is 7.72. The first-order valence-electron chi connectivity index (χ1n) is 7.73. The Balaban J connectivity index is 2.97. The number of hydrogen-bond donors (Lipinski definition) is 1. The molecule has 1 atom stereocenters. The normalized spacial score (nSPS) is 12.1. The van der Waals surface area contributed by atoms with Crippen molar-refractivity contribution >= 4 is 11.8 Å². The molecule has 4 nitrogen and oxygen atoms in total. The van der Waals surface area contributed by atoms with E-state index >= 15 is 0 Å². The summed E-state index contributed by atoms with van der Waals surface area (Å²) in [6.07, 6.45) is 0.859. The van der Waals surface area contributed by atoms with Crippen molar-refractivity contribution in [2.45, 2.75) is 59.2 Å². The summed E-state index contributed by atoms with van der Waals surface area (Å²) in [4.78, 5) is 26.1. The Morgan fingerprint density at radius 3 is 2.23 bits per heavy atom. The Morgan fingerprint density at radius 1 is 1.18 bits per heavy atom. The smallest absolute Gasteiger partial charge is 0.243 e. The molecular weight excluding hydrogens is 283 g/mol. The molecule has 0 fully saturated rings. The minimum absolute atomic E-state index is 0.0194. The van der Waals surface area contributed by atoms with Gasteiger partial charge in [0.15, 0.2) is 0 Å². The molecule has 1 aromatic rings. The molecule has 122 valence electrons. The highest BCUT2D eigenvalue weighted by Crippen LogP contribution is 2.14. The van der Waals surface area contributed by atoms with Crippen molar-refractivity contribution in [1.29, 1.82) is 0 Å². The summed E-state index contributed by atoms with van der Waals surface area (Å²) in [5.74, 6) is -0.557. The van der Waals surface area contributed by atoms with E-state index in [9.17, 15) is 14.0 Å². The van der Waals surface area contributed by atoms with Gasteiger partial charge in [-0.2, -0.15) is 0 Å². The van der Waals surface area contributed by atoms with Gasteiger partial charge in [-0.1, -0.05) is 26.0 Å². The van der Waals surface area contributed by atoms with Crippen molar-refractivity contribution in [3.8, 4) is 0 Å². The van der Waals surface area contributed by atoms with Gasteiger partial charge in [-0.3, -0.25) is 9.59 Å². The molecular formula is C17H25FN2O2. The highest BCUT2D eigenvalue weighted by Gasteiger charge is 2.27. The number of amides is 2. The SMILES string of the molecule is CCC(=O)N(Cc1ccc(F)cc1)C(CC)C(=O)NC(C)C. The molecule has 1 unspecified atom stereocenters. The van der Waals surface area contributed by atoms with E-state index in [1.54, 1.807) is 24.0 Å². The average Bonchev–Trinajstić information content (AvgIpc) is 2.47. The average molecular weight is 308 g/mol. The second-order valence-corrected chi connectivity index (χ2v) is 5.59. The predicted molar refractivity (Wildman–Crippen MR) is 84.6 cm³/mol. The summed E-state index contributed by atoms with van der Waals surface area (Å²) in [5, 5.41) is 2.86. The van der Waals surface area contributed by atoms with Gasteiger partial charge < -0.3 is 10.2 Å². The quantitative estimate of drug-likeness (QED) is 0.842. The monoisotopic (exact) mass is 308 g/mol. The Morgan fingerprint density at radius 2 is 1.77 bits per heavy atom. The first-order valence-corrected chi connectivity index (χ1v) is 7.73. The van der Waals surface area contributed by atoms with Crippen LogP contribution in [-0.2, 0) is 16.1 Å². The van der Waals surface area contributed by atoms with Gasteiger partial charge in [0, 0.05) is 19.0 Å². The summed E-state index contributed by atoms with van der Waals surface area (Å²) >= 11 is 0. The van der Waals surface area contributed by atoms with E-state index in [1.165, 1.54) is 12.1 Å². The number of carbonyl (C=O) groups excluding carboxylic acids is 2. The molecule has 0 radical (unpaired) electrons. The van der Waals surface area contributed by atoms with E-state index in [2.05, 4.69) is 5.32 Å². The Bertz CT molecular complexity index is 500.